The Morgan fingerprint density at radius 2 is 1.95 bits per heavy atom. The number of aliphatic carboxylic acids is 1. The van der Waals surface area contributed by atoms with Crippen LogP contribution in [0.2, 0.25) is 0 Å². The summed E-state index contributed by atoms with van der Waals surface area (Å²) in [6.45, 7) is 0.891. The minimum absolute atomic E-state index is 0.0979. The summed E-state index contributed by atoms with van der Waals surface area (Å²) in [5.74, 6) is -0.809. The molecule has 118 valence electrons. The van der Waals surface area contributed by atoms with E-state index in [-0.39, 0.29) is 24.5 Å². The predicted molar refractivity (Wildman–Crippen MR) is 75.9 cm³/mol. The molecule has 1 saturated heterocycles. The number of rotatable bonds is 3. The molecule has 2 N–H and O–H groups in total. The standard InChI is InChI=1S/C15H24N2O4/c18-13(19)10-17(12-4-5-12)14(20)16-8-7-15(21)6-2-1-3-11(15)9-16/h11-12,21H,1-10H2,(H,18,19). The van der Waals surface area contributed by atoms with Gasteiger partial charge in [0.25, 0.3) is 0 Å². The molecule has 1 heterocycles. The van der Waals surface area contributed by atoms with Gasteiger partial charge in [-0.25, -0.2) is 4.79 Å². The molecule has 6 nitrogen and oxygen atoms in total. The van der Waals surface area contributed by atoms with E-state index in [4.69, 9.17) is 5.11 Å². The van der Waals surface area contributed by atoms with Crippen LogP contribution in [0.4, 0.5) is 4.79 Å². The Morgan fingerprint density at radius 3 is 2.62 bits per heavy atom. The number of hydrogen-bond acceptors (Lipinski definition) is 3. The molecule has 21 heavy (non-hydrogen) atoms. The molecule has 0 aromatic heterocycles. The van der Waals surface area contributed by atoms with Crippen LogP contribution in [-0.2, 0) is 4.79 Å². The largest absolute Gasteiger partial charge is 0.480 e. The first kappa shape index (κ1) is 14.6. The summed E-state index contributed by atoms with van der Waals surface area (Å²) in [4.78, 5) is 26.8. The van der Waals surface area contributed by atoms with E-state index < -0.39 is 11.6 Å². The number of carboxylic acid groups (broad SMARTS) is 1. The van der Waals surface area contributed by atoms with Gasteiger partial charge in [0.05, 0.1) is 5.60 Å². The Morgan fingerprint density at radius 1 is 1.19 bits per heavy atom. The highest BCUT2D eigenvalue weighted by Crippen LogP contribution is 2.40. The van der Waals surface area contributed by atoms with Crippen LogP contribution >= 0.6 is 0 Å². The lowest BCUT2D eigenvalue weighted by atomic mass is 9.71. The van der Waals surface area contributed by atoms with Gasteiger partial charge >= 0.3 is 12.0 Å². The summed E-state index contributed by atoms with van der Waals surface area (Å²) in [6, 6.07) is -0.0618. The summed E-state index contributed by atoms with van der Waals surface area (Å²) in [7, 11) is 0. The van der Waals surface area contributed by atoms with Crippen LogP contribution in [0.5, 0.6) is 0 Å². The maximum atomic E-state index is 12.6. The fourth-order valence-corrected chi connectivity index (χ4v) is 3.81. The molecule has 0 spiro atoms. The number of nitrogens with zero attached hydrogens (tertiary/aromatic N) is 2. The second-order valence-electron chi connectivity index (χ2n) is 6.78. The van der Waals surface area contributed by atoms with Crippen molar-refractivity contribution in [2.75, 3.05) is 19.6 Å². The van der Waals surface area contributed by atoms with Crippen LogP contribution in [0.1, 0.15) is 44.9 Å². The third-order valence-electron chi connectivity index (χ3n) is 5.24. The van der Waals surface area contributed by atoms with E-state index in [1.807, 2.05) is 0 Å². The van der Waals surface area contributed by atoms with E-state index in [2.05, 4.69) is 0 Å². The highest BCUT2D eigenvalue weighted by Gasteiger charge is 2.45. The van der Waals surface area contributed by atoms with E-state index >= 15 is 0 Å². The Kier molecular flexibility index (Phi) is 3.82. The zero-order valence-corrected chi connectivity index (χ0v) is 12.3. The normalized spacial score (nSPS) is 32.4. The van der Waals surface area contributed by atoms with Gasteiger partial charge in [-0.3, -0.25) is 4.79 Å². The average molecular weight is 296 g/mol. The second-order valence-corrected chi connectivity index (χ2v) is 6.78. The Balaban J connectivity index is 1.66. The number of carboxylic acids is 1. The van der Waals surface area contributed by atoms with Crippen LogP contribution in [0.3, 0.4) is 0 Å². The van der Waals surface area contributed by atoms with E-state index in [9.17, 15) is 14.7 Å². The number of aliphatic hydroxyl groups is 1. The molecule has 0 aromatic carbocycles. The number of piperidine rings is 1. The summed E-state index contributed by atoms with van der Waals surface area (Å²) in [6.07, 6.45) is 6.39. The van der Waals surface area contributed by atoms with Gasteiger partial charge in [0.15, 0.2) is 0 Å². The van der Waals surface area contributed by atoms with Gasteiger partial charge in [-0.1, -0.05) is 12.8 Å². The van der Waals surface area contributed by atoms with Crippen molar-refractivity contribution in [2.45, 2.75) is 56.6 Å². The monoisotopic (exact) mass is 296 g/mol. The van der Waals surface area contributed by atoms with Gasteiger partial charge in [0.1, 0.15) is 6.54 Å². The van der Waals surface area contributed by atoms with E-state index in [1.54, 1.807) is 4.90 Å². The van der Waals surface area contributed by atoms with Gasteiger partial charge in [0, 0.05) is 25.0 Å². The van der Waals surface area contributed by atoms with Crippen LogP contribution < -0.4 is 0 Å². The minimum Gasteiger partial charge on any atom is -0.480 e. The van der Waals surface area contributed by atoms with Crippen molar-refractivity contribution in [3.05, 3.63) is 0 Å². The molecular formula is C15H24N2O4. The van der Waals surface area contributed by atoms with Crippen LogP contribution in [0.25, 0.3) is 0 Å². The van der Waals surface area contributed by atoms with Crippen molar-refractivity contribution in [3.63, 3.8) is 0 Å². The molecule has 2 atom stereocenters. The van der Waals surface area contributed by atoms with E-state index in [1.165, 1.54) is 4.90 Å². The first-order valence-electron chi connectivity index (χ1n) is 7.99. The highest BCUT2D eigenvalue weighted by molar-refractivity contribution is 5.81. The topological polar surface area (TPSA) is 81.1 Å². The molecule has 6 heteroatoms. The molecule has 0 radical (unpaired) electrons. The molecule has 2 saturated carbocycles. The zero-order valence-electron chi connectivity index (χ0n) is 12.3. The number of hydrogen-bond donors (Lipinski definition) is 2. The Hall–Kier alpha value is -1.30. The van der Waals surface area contributed by atoms with Gasteiger partial charge < -0.3 is 20.0 Å². The number of carbonyl (C=O) groups excluding carboxylic acids is 1. The number of amides is 2. The Bertz CT molecular complexity index is 437. The second kappa shape index (κ2) is 5.48. The van der Waals surface area contributed by atoms with Gasteiger partial charge in [-0.2, -0.15) is 0 Å². The quantitative estimate of drug-likeness (QED) is 0.822. The molecule has 2 aliphatic carbocycles. The fraction of sp³-hybridized carbons (Fsp3) is 0.867. The van der Waals surface area contributed by atoms with Crippen molar-refractivity contribution in [1.82, 2.24) is 9.80 Å². The van der Waals surface area contributed by atoms with Crippen molar-refractivity contribution >= 4 is 12.0 Å². The zero-order chi connectivity index (χ0) is 15.0. The first-order chi connectivity index (χ1) is 9.99. The number of urea groups is 1. The molecule has 3 aliphatic rings. The van der Waals surface area contributed by atoms with Gasteiger partial charge in [0.2, 0.25) is 0 Å². The number of carbonyl (C=O) groups is 2. The van der Waals surface area contributed by atoms with Crippen LogP contribution in [0.15, 0.2) is 0 Å². The summed E-state index contributed by atoms with van der Waals surface area (Å²) < 4.78 is 0. The van der Waals surface area contributed by atoms with E-state index in [0.29, 0.717) is 19.5 Å². The maximum Gasteiger partial charge on any atom is 0.323 e. The smallest absolute Gasteiger partial charge is 0.323 e. The molecule has 3 rings (SSSR count). The van der Waals surface area contributed by atoms with Crippen molar-refractivity contribution < 1.29 is 19.8 Å². The fourth-order valence-electron chi connectivity index (χ4n) is 3.81. The summed E-state index contributed by atoms with van der Waals surface area (Å²) >= 11 is 0. The molecular weight excluding hydrogens is 272 g/mol. The van der Waals surface area contributed by atoms with Gasteiger partial charge in [-0.05, 0) is 32.1 Å². The molecule has 2 amide bonds. The van der Waals surface area contributed by atoms with Crippen LogP contribution in [-0.4, -0.2) is 63.3 Å². The third-order valence-corrected chi connectivity index (χ3v) is 5.24. The molecule has 2 unspecified atom stereocenters. The summed E-state index contributed by atoms with van der Waals surface area (Å²) in [5.41, 5.74) is -0.605. The molecule has 3 fully saturated rings. The predicted octanol–water partition coefficient (Wildman–Crippen LogP) is 1.28. The molecule has 0 bridgehead atoms. The summed E-state index contributed by atoms with van der Waals surface area (Å²) in [5, 5.41) is 19.6. The number of fused-ring (bicyclic) bond motifs is 1. The lowest BCUT2D eigenvalue weighted by Crippen LogP contribution is -2.57. The lowest BCUT2D eigenvalue weighted by molar-refractivity contribution is -0.138. The highest BCUT2D eigenvalue weighted by atomic mass is 16.4. The first-order valence-corrected chi connectivity index (χ1v) is 7.99. The number of likely N-dealkylation sites (tertiary alicyclic amines) is 1. The van der Waals surface area contributed by atoms with Gasteiger partial charge in [-0.15, -0.1) is 0 Å². The SMILES string of the molecule is O=C(O)CN(C(=O)N1CCC2(O)CCCCC2C1)C1CC1. The van der Waals surface area contributed by atoms with Crippen LogP contribution in [0, 0.1) is 5.92 Å². The third kappa shape index (κ3) is 3.00. The van der Waals surface area contributed by atoms with E-state index in [0.717, 1.165) is 38.5 Å². The maximum absolute atomic E-state index is 12.6. The minimum atomic E-state index is -0.957. The van der Waals surface area contributed by atoms with Crippen molar-refractivity contribution in [2.24, 2.45) is 5.92 Å². The average Bonchev–Trinajstić information content (AvgIpc) is 3.27. The van der Waals surface area contributed by atoms with Crippen molar-refractivity contribution in [3.8, 4) is 0 Å². The molecule has 1 aliphatic heterocycles. The lowest BCUT2D eigenvalue weighted by Gasteiger charge is -2.48. The van der Waals surface area contributed by atoms with Crippen molar-refractivity contribution in [1.29, 1.82) is 0 Å². The Labute approximate surface area is 124 Å². The molecule has 0 aromatic rings.